The van der Waals surface area contributed by atoms with Gasteiger partial charge in [0.2, 0.25) is 0 Å². The average Bonchev–Trinajstić information content (AvgIpc) is 3.28. The Kier molecular flexibility index (Phi) is 6.70. The first-order chi connectivity index (χ1) is 15.5. The van der Waals surface area contributed by atoms with Crippen LogP contribution in [-0.4, -0.2) is 33.3 Å². The van der Waals surface area contributed by atoms with Crippen LogP contribution in [-0.2, 0) is 6.42 Å². The number of nitrogens with zero attached hydrogens (tertiary/aromatic N) is 4. The lowest BCUT2D eigenvalue weighted by atomic mass is 9.98. The topological polar surface area (TPSA) is 116 Å². The second-order valence-corrected chi connectivity index (χ2v) is 8.19. The molecule has 2 aromatic heterocycles. The number of nitrogens with two attached hydrogens (primary N) is 2. The molecule has 0 amide bonds. The molecule has 168 valence electrons. The number of aromatic nitrogens is 3. The zero-order valence-corrected chi connectivity index (χ0v) is 18.6. The lowest BCUT2D eigenvalue weighted by Gasteiger charge is -2.24. The van der Waals surface area contributed by atoms with Gasteiger partial charge in [0.15, 0.2) is 5.82 Å². The molecule has 1 saturated carbocycles. The van der Waals surface area contributed by atoms with Gasteiger partial charge in [-0.1, -0.05) is 29.8 Å². The first kappa shape index (κ1) is 21.8. The van der Waals surface area contributed by atoms with Gasteiger partial charge in [-0.2, -0.15) is 4.98 Å². The third kappa shape index (κ3) is 5.08. The summed E-state index contributed by atoms with van der Waals surface area (Å²) in [6, 6.07) is 13.4. The number of hydrogen-bond acceptors (Lipinski definition) is 8. The molecule has 1 aromatic carbocycles. The number of allylic oxidation sites excluding steroid dienone is 1. The molecular weight excluding hydrogens is 404 g/mol. The number of likely N-dealkylation sites (N-methyl/N-ethyl adjacent to an activating group) is 1. The highest BCUT2D eigenvalue weighted by molar-refractivity contribution is 5.63. The summed E-state index contributed by atoms with van der Waals surface area (Å²) in [5.74, 6) is 7.84. The molecular formula is C24H30N6O2. The maximum absolute atomic E-state index is 6.48. The predicted octanol–water partition coefficient (Wildman–Crippen LogP) is 3.83. The zero-order chi connectivity index (χ0) is 22.5. The smallest absolute Gasteiger partial charge is 0.257 e. The second kappa shape index (κ2) is 9.82. The summed E-state index contributed by atoms with van der Waals surface area (Å²) < 4.78 is 11.6. The summed E-state index contributed by atoms with van der Waals surface area (Å²) in [7, 11) is 1.73. The minimum absolute atomic E-state index is 0.269. The van der Waals surface area contributed by atoms with Gasteiger partial charge in [0.05, 0.1) is 35.3 Å². The Morgan fingerprint density at radius 1 is 1.09 bits per heavy atom. The largest absolute Gasteiger partial charge is 0.489 e. The summed E-state index contributed by atoms with van der Waals surface area (Å²) in [4.78, 5) is 9.17. The van der Waals surface area contributed by atoms with E-state index in [1.165, 1.54) is 24.3 Å². The third-order valence-electron chi connectivity index (χ3n) is 5.71. The van der Waals surface area contributed by atoms with Crippen LogP contribution in [0.15, 0.2) is 52.7 Å². The van der Waals surface area contributed by atoms with Gasteiger partial charge >= 0.3 is 0 Å². The molecule has 8 heteroatoms. The molecule has 4 rings (SSSR count). The van der Waals surface area contributed by atoms with Gasteiger partial charge in [0, 0.05) is 12.6 Å². The van der Waals surface area contributed by atoms with Gasteiger partial charge in [-0.05, 0) is 56.9 Å². The van der Waals surface area contributed by atoms with Crippen molar-refractivity contribution in [1.29, 1.82) is 0 Å². The van der Waals surface area contributed by atoms with Gasteiger partial charge in [-0.3, -0.25) is 0 Å². The Bertz CT molecular complexity index is 1070. The van der Waals surface area contributed by atoms with E-state index in [1.54, 1.807) is 7.05 Å². The molecule has 1 aliphatic carbocycles. The molecule has 1 fully saturated rings. The molecule has 4 N–H and O–H groups in total. The predicted molar refractivity (Wildman–Crippen MR) is 123 cm³/mol. The van der Waals surface area contributed by atoms with Crippen LogP contribution in [0.2, 0.25) is 0 Å². The number of aryl methyl sites for hydroxylation is 1. The highest BCUT2D eigenvalue weighted by Crippen LogP contribution is 2.27. The fourth-order valence-corrected chi connectivity index (χ4v) is 3.92. The summed E-state index contributed by atoms with van der Waals surface area (Å²) >= 11 is 0. The molecule has 1 aliphatic rings. The van der Waals surface area contributed by atoms with Crippen LogP contribution >= 0.6 is 0 Å². The third-order valence-corrected chi connectivity index (χ3v) is 5.71. The highest BCUT2D eigenvalue weighted by Gasteiger charge is 2.19. The van der Waals surface area contributed by atoms with Crippen molar-refractivity contribution >= 4 is 5.70 Å². The number of rotatable bonds is 7. The van der Waals surface area contributed by atoms with E-state index in [4.69, 9.17) is 20.8 Å². The molecule has 0 unspecified atom stereocenters. The van der Waals surface area contributed by atoms with Gasteiger partial charge < -0.3 is 20.0 Å². The lowest BCUT2D eigenvalue weighted by molar-refractivity contribution is 0.153. The van der Waals surface area contributed by atoms with E-state index in [-0.39, 0.29) is 6.10 Å². The van der Waals surface area contributed by atoms with E-state index < -0.39 is 0 Å². The van der Waals surface area contributed by atoms with Gasteiger partial charge in [-0.15, -0.1) is 0 Å². The fourth-order valence-electron chi connectivity index (χ4n) is 3.92. The first-order valence-corrected chi connectivity index (χ1v) is 11.0. The number of hydrazine groups is 1. The molecule has 8 nitrogen and oxygen atoms in total. The summed E-state index contributed by atoms with van der Waals surface area (Å²) in [6.07, 6.45) is 6.52. The van der Waals surface area contributed by atoms with Crippen LogP contribution in [0, 0.1) is 6.92 Å². The van der Waals surface area contributed by atoms with Crippen molar-refractivity contribution in [3.63, 3.8) is 0 Å². The molecule has 2 heterocycles. The van der Waals surface area contributed by atoms with Crippen LogP contribution < -0.4 is 16.3 Å². The monoisotopic (exact) mass is 434 g/mol. The van der Waals surface area contributed by atoms with Gasteiger partial charge in [0.25, 0.3) is 5.89 Å². The fraction of sp³-hybridized carbons (Fsp3) is 0.375. The number of hydrogen-bond donors (Lipinski definition) is 2. The van der Waals surface area contributed by atoms with Crippen molar-refractivity contribution in [1.82, 2.24) is 20.1 Å². The molecule has 3 aromatic rings. The van der Waals surface area contributed by atoms with Crippen molar-refractivity contribution in [3.8, 4) is 17.2 Å². The maximum Gasteiger partial charge on any atom is 0.257 e. The van der Waals surface area contributed by atoms with E-state index in [0.29, 0.717) is 35.2 Å². The Hall–Kier alpha value is -3.39. The van der Waals surface area contributed by atoms with Crippen LogP contribution in [0.5, 0.6) is 5.75 Å². The Morgan fingerprint density at radius 2 is 1.84 bits per heavy atom. The van der Waals surface area contributed by atoms with Crippen molar-refractivity contribution in [3.05, 3.63) is 65.4 Å². The minimum atomic E-state index is 0.269. The number of ether oxygens (including phenoxy) is 1. The van der Waals surface area contributed by atoms with E-state index in [9.17, 15) is 0 Å². The molecule has 0 radical (unpaired) electrons. The molecule has 0 saturated heterocycles. The van der Waals surface area contributed by atoms with E-state index in [0.717, 1.165) is 29.8 Å². The number of benzene rings is 1. The highest BCUT2D eigenvalue weighted by atomic mass is 16.5. The van der Waals surface area contributed by atoms with Gasteiger partial charge in [0.1, 0.15) is 5.75 Å². The summed E-state index contributed by atoms with van der Waals surface area (Å²) in [6.45, 7) is 1.94. The molecule has 0 bridgehead atoms. The van der Waals surface area contributed by atoms with Crippen molar-refractivity contribution < 1.29 is 9.26 Å². The molecule has 0 aliphatic heterocycles. The first-order valence-electron chi connectivity index (χ1n) is 11.0. The average molecular weight is 435 g/mol. The molecule has 0 atom stereocenters. The summed E-state index contributed by atoms with van der Waals surface area (Å²) in [5, 5.41) is 5.56. The Labute approximate surface area is 188 Å². The van der Waals surface area contributed by atoms with Crippen molar-refractivity contribution in [2.24, 2.45) is 11.6 Å². The van der Waals surface area contributed by atoms with Crippen LogP contribution in [0.3, 0.4) is 0 Å². The SMILES string of the molecule is Cc1nc(/C(N)=C(\Cc2noc(-c3ccccc3)n2)N(C)N)ccc1OC1CCCCC1. The van der Waals surface area contributed by atoms with Crippen LogP contribution in [0.1, 0.15) is 49.3 Å². The van der Waals surface area contributed by atoms with Gasteiger partial charge in [-0.25, -0.2) is 10.8 Å². The quantitative estimate of drug-likeness (QED) is 0.426. The maximum atomic E-state index is 6.48. The normalized spacial score (nSPS) is 15.3. The Morgan fingerprint density at radius 3 is 2.53 bits per heavy atom. The van der Waals surface area contributed by atoms with Crippen LogP contribution in [0.4, 0.5) is 0 Å². The molecule has 32 heavy (non-hydrogen) atoms. The van der Waals surface area contributed by atoms with Crippen molar-refractivity contribution in [2.75, 3.05) is 7.05 Å². The van der Waals surface area contributed by atoms with Crippen LogP contribution in [0.25, 0.3) is 17.2 Å². The second-order valence-electron chi connectivity index (χ2n) is 8.19. The van der Waals surface area contributed by atoms with Crippen molar-refractivity contribution in [2.45, 2.75) is 51.6 Å². The van der Waals surface area contributed by atoms with E-state index in [1.807, 2.05) is 49.4 Å². The lowest BCUT2D eigenvalue weighted by Crippen LogP contribution is -2.29. The Balaban J connectivity index is 1.54. The van der Waals surface area contributed by atoms with E-state index >= 15 is 0 Å². The van der Waals surface area contributed by atoms with E-state index in [2.05, 4.69) is 15.1 Å². The standard InChI is InChI=1S/C24H30N6O2/c1-16-21(31-18-11-7-4-8-12-18)14-13-19(27-16)23(25)20(30(2)26)15-22-28-24(32-29-22)17-9-5-3-6-10-17/h3,5-6,9-10,13-14,18H,4,7-8,11-12,15,25-26H2,1-2H3/b23-20-. The molecule has 0 spiro atoms. The zero-order valence-electron chi connectivity index (χ0n) is 18.6. The minimum Gasteiger partial charge on any atom is -0.489 e. The summed E-state index contributed by atoms with van der Waals surface area (Å²) in [5.41, 5.74) is 9.90. The number of pyridine rings is 1.